The highest BCUT2D eigenvalue weighted by Crippen LogP contribution is 2.21. The van der Waals surface area contributed by atoms with Gasteiger partial charge in [-0.3, -0.25) is 0 Å². The summed E-state index contributed by atoms with van der Waals surface area (Å²) < 4.78 is 15.8. The molecule has 1 heterocycles. The molecule has 1 aromatic carbocycles. The van der Waals surface area contributed by atoms with E-state index in [-0.39, 0.29) is 11.9 Å². The topological polar surface area (TPSA) is 29.9 Å². The van der Waals surface area contributed by atoms with Crippen LogP contribution in [0.1, 0.15) is 24.2 Å². The first-order chi connectivity index (χ1) is 9.11. The van der Waals surface area contributed by atoms with E-state index in [1.165, 1.54) is 6.07 Å². The molecule has 0 aliphatic rings. The molecule has 1 unspecified atom stereocenters. The summed E-state index contributed by atoms with van der Waals surface area (Å²) in [5.41, 5.74) is 1.69. The third-order valence-corrected chi connectivity index (χ3v) is 3.34. The number of benzene rings is 1. The first-order valence-corrected chi connectivity index (χ1v) is 6.63. The van der Waals surface area contributed by atoms with E-state index in [0.29, 0.717) is 17.0 Å². The third kappa shape index (κ3) is 3.33. The molecule has 3 nitrogen and oxygen atoms in total. The maximum atomic E-state index is 13.9. The number of nitrogens with one attached hydrogen (secondary N) is 1. The van der Waals surface area contributed by atoms with Crippen molar-refractivity contribution in [3.8, 4) is 0 Å². The first-order valence-electron chi connectivity index (χ1n) is 6.25. The van der Waals surface area contributed by atoms with E-state index < -0.39 is 0 Å². The molecule has 0 bridgehead atoms. The van der Waals surface area contributed by atoms with Crippen molar-refractivity contribution in [2.24, 2.45) is 7.05 Å². The van der Waals surface area contributed by atoms with Crippen molar-refractivity contribution in [3.63, 3.8) is 0 Å². The first kappa shape index (κ1) is 14.0. The minimum absolute atomic E-state index is 0.0353. The minimum atomic E-state index is -0.266. The number of hydrogen-bond acceptors (Lipinski definition) is 2. The van der Waals surface area contributed by atoms with Gasteiger partial charge in [0.25, 0.3) is 0 Å². The van der Waals surface area contributed by atoms with Crippen LogP contribution in [-0.2, 0) is 13.5 Å². The van der Waals surface area contributed by atoms with Crippen molar-refractivity contribution in [1.82, 2.24) is 14.9 Å². The van der Waals surface area contributed by atoms with Gasteiger partial charge in [0.15, 0.2) is 0 Å². The second-order valence-corrected chi connectivity index (χ2v) is 4.92. The molecule has 1 aromatic heterocycles. The molecule has 1 atom stereocenters. The van der Waals surface area contributed by atoms with E-state index >= 15 is 0 Å². The Morgan fingerprint density at radius 2 is 2.26 bits per heavy atom. The van der Waals surface area contributed by atoms with Gasteiger partial charge in [0.1, 0.15) is 5.82 Å². The SMILES string of the molecule is CCNC(Cc1ccc(Cl)cc1F)c1cncn1C. The average Bonchev–Trinajstić information content (AvgIpc) is 2.78. The molecule has 0 aliphatic carbocycles. The Bertz CT molecular complexity index is 553. The molecule has 0 spiro atoms. The van der Waals surface area contributed by atoms with Crippen LogP contribution in [0.2, 0.25) is 5.02 Å². The number of imidazole rings is 1. The fourth-order valence-electron chi connectivity index (χ4n) is 2.14. The minimum Gasteiger partial charge on any atom is -0.336 e. The maximum Gasteiger partial charge on any atom is 0.127 e. The van der Waals surface area contributed by atoms with Crippen LogP contribution < -0.4 is 5.32 Å². The molecule has 0 fully saturated rings. The van der Waals surface area contributed by atoms with E-state index in [2.05, 4.69) is 10.3 Å². The summed E-state index contributed by atoms with van der Waals surface area (Å²) in [5.74, 6) is -0.266. The zero-order valence-corrected chi connectivity index (χ0v) is 11.8. The lowest BCUT2D eigenvalue weighted by molar-refractivity contribution is 0.505. The number of rotatable bonds is 5. The van der Waals surface area contributed by atoms with E-state index in [9.17, 15) is 4.39 Å². The molecule has 2 aromatic rings. The van der Waals surface area contributed by atoms with Crippen molar-refractivity contribution in [2.75, 3.05) is 6.54 Å². The molecule has 0 saturated carbocycles. The van der Waals surface area contributed by atoms with E-state index in [0.717, 1.165) is 12.2 Å². The van der Waals surface area contributed by atoms with Crippen LogP contribution in [0.3, 0.4) is 0 Å². The Morgan fingerprint density at radius 1 is 1.47 bits per heavy atom. The molecule has 19 heavy (non-hydrogen) atoms. The van der Waals surface area contributed by atoms with Gasteiger partial charge in [-0.25, -0.2) is 9.37 Å². The van der Waals surface area contributed by atoms with Crippen LogP contribution in [0.25, 0.3) is 0 Å². The summed E-state index contributed by atoms with van der Waals surface area (Å²) in [6, 6.07) is 4.83. The van der Waals surface area contributed by atoms with E-state index in [4.69, 9.17) is 11.6 Å². The highest BCUT2D eigenvalue weighted by atomic mass is 35.5. The summed E-state index contributed by atoms with van der Waals surface area (Å²) in [6.45, 7) is 2.84. The Hall–Kier alpha value is -1.39. The molecule has 5 heteroatoms. The summed E-state index contributed by atoms with van der Waals surface area (Å²) in [5, 5.41) is 3.77. The van der Waals surface area contributed by atoms with Crippen molar-refractivity contribution < 1.29 is 4.39 Å². The smallest absolute Gasteiger partial charge is 0.127 e. The lowest BCUT2D eigenvalue weighted by Crippen LogP contribution is -2.25. The van der Waals surface area contributed by atoms with Gasteiger partial charge in [-0.2, -0.15) is 0 Å². The Balaban J connectivity index is 2.24. The number of nitrogens with zero attached hydrogens (tertiary/aromatic N) is 2. The van der Waals surface area contributed by atoms with E-state index in [1.54, 1.807) is 24.7 Å². The van der Waals surface area contributed by atoms with Crippen molar-refractivity contribution in [3.05, 3.63) is 52.8 Å². The quantitative estimate of drug-likeness (QED) is 0.913. The number of halogens is 2. The van der Waals surface area contributed by atoms with Gasteiger partial charge in [-0.15, -0.1) is 0 Å². The fourth-order valence-corrected chi connectivity index (χ4v) is 2.30. The van der Waals surface area contributed by atoms with Crippen LogP contribution in [-0.4, -0.2) is 16.1 Å². The predicted molar refractivity (Wildman–Crippen MR) is 74.7 cm³/mol. The number of aryl methyl sites for hydroxylation is 1. The van der Waals surface area contributed by atoms with Gasteiger partial charge in [0, 0.05) is 18.3 Å². The molecule has 0 saturated heterocycles. The van der Waals surface area contributed by atoms with Gasteiger partial charge < -0.3 is 9.88 Å². The zero-order valence-electron chi connectivity index (χ0n) is 11.0. The summed E-state index contributed by atoms with van der Waals surface area (Å²) in [4.78, 5) is 4.11. The van der Waals surface area contributed by atoms with Gasteiger partial charge in [0.2, 0.25) is 0 Å². The predicted octanol–water partition coefficient (Wildman–Crippen LogP) is 3.11. The monoisotopic (exact) mass is 281 g/mol. The average molecular weight is 282 g/mol. The molecule has 0 amide bonds. The van der Waals surface area contributed by atoms with Crippen LogP contribution in [0, 0.1) is 5.82 Å². The van der Waals surface area contributed by atoms with Gasteiger partial charge >= 0.3 is 0 Å². The molecule has 0 aliphatic heterocycles. The summed E-state index contributed by atoms with van der Waals surface area (Å²) >= 11 is 5.77. The summed E-state index contributed by atoms with van der Waals surface area (Å²) in [7, 11) is 1.94. The zero-order chi connectivity index (χ0) is 13.8. The maximum absolute atomic E-state index is 13.9. The van der Waals surface area contributed by atoms with E-state index in [1.807, 2.05) is 18.5 Å². The van der Waals surface area contributed by atoms with Gasteiger partial charge in [0.05, 0.1) is 18.1 Å². The van der Waals surface area contributed by atoms with Crippen molar-refractivity contribution in [2.45, 2.75) is 19.4 Å². The molecule has 2 rings (SSSR count). The fraction of sp³-hybridized carbons (Fsp3) is 0.357. The normalized spacial score (nSPS) is 12.6. The lowest BCUT2D eigenvalue weighted by Gasteiger charge is -2.18. The summed E-state index contributed by atoms with van der Waals surface area (Å²) in [6.07, 6.45) is 4.12. The Morgan fingerprint density at radius 3 is 2.84 bits per heavy atom. The highest BCUT2D eigenvalue weighted by molar-refractivity contribution is 6.30. The van der Waals surface area contributed by atoms with Crippen molar-refractivity contribution in [1.29, 1.82) is 0 Å². The molecular weight excluding hydrogens is 265 g/mol. The highest BCUT2D eigenvalue weighted by Gasteiger charge is 2.16. The Labute approximate surface area is 117 Å². The van der Waals surface area contributed by atoms with Crippen LogP contribution in [0.5, 0.6) is 0 Å². The molecule has 0 radical (unpaired) electrons. The van der Waals surface area contributed by atoms with Crippen LogP contribution >= 0.6 is 11.6 Å². The van der Waals surface area contributed by atoms with Gasteiger partial charge in [-0.05, 0) is 30.7 Å². The van der Waals surface area contributed by atoms with Crippen LogP contribution in [0.4, 0.5) is 4.39 Å². The lowest BCUT2D eigenvalue weighted by atomic mass is 10.0. The third-order valence-electron chi connectivity index (χ3n) is 3.10. The standard InChI is InChI=1S/C14H17ClFN3/c1-3-18-13(14-8-17-9-19(14)2)6-10-4-5-11(15)7-12(10)16/h4-5,7-9,13,18H,3,6H2,1-2H3. The van der Waals surface area contributed by atoms with Crippen molar-refractivity contribution >= 4 is 11.6 Å². The largest absolute Gasteiger partial charge is 0.336 e. The van der Waals surface area contributed by atoms with Gasteiger partial charge in [-0.1, -0.05) is 24.6 Å². The number of hydrogen-bond donors (Lipinski definition) is 1. The number of likely N-dealkylation sites (N-methyl/N-ethyl adjacent to an activating group) is 1. The number of aromatic nitrogens is 2. The van der Waals surface area contributed by atoms with Crippen LogP contribution in [0.15, 0.2) is 30.7 Å². The molecule has 102 valence electrons. The second kappa shape index (κ2) is 6.17. The second-order valence-electron chi connectivity index (χ2n) is 4.48. The Kier molecular flexibility index (Phi) is 4.56. The molecule has 1 N–H and O–H groups in total. The molecular formula is C14H17ClFN3.